The number of carbonyl (C=O) groups is 1. The van der Waals surface area contributed by atoms with Gasteiger partial charge in [0.05, 0.1) is 0 Å². The molecule has 0 spiro atoms. The third kappa shape index (κ3) is 4.26. The zero-order valence-corrected chi connectivity index (χ0v) is 16.7. The van der Waals surface area contributed by atoms with Crippen LogP contribution in [-0.2, 0) is 21.2 Å². The van der Waals surface area contributed by atoms with Gasteiger partial charge in [-0.1, -0.05) is 30.3 Å². The number of thiophene rings is 1. The van der Waals surface area contributed by atoms with Crippen molar-refractivity contribution in [3.05, 3.63) is 66.2 Å². The number of sulfonamides is 1. The standard InChI is InChI=1S/C20H17NO6S2/c22-20(23)15(10-13-4-2-1-3-5-13)21-29(24,25)19-9-8-18(28-19)14-6-7-16-17(11-14)27-12-26-16/h1-9,11,15,21H,10,12H2,(H,22,23). The maximum absolute atomic E-state index is 12.8. The van der Waals surface area contributed by atoms with E-state index in [9.17, 15) is 18.3 Å². The monoisotopic (exact) mass is 431 g/mol. The van der Waals surface area contributed by atoms with Crippen LogP contribution in [0.3, 0.4) is 0 Å². The van der Waals surface area contributed by atoms with E-state index in [-0.39, 0.29) is 17.4 Å². The van der Waals surface area contributed by atoms with E-state index in [1.165, 1.54) is 6.07 Å². The summed E-state index contributed by atoms with van der Waals surface area (Å²) in [7, 11) is -3.99. The van der Waals surface area contributed by atoms with E-state index in [1.54, 1.807) is 42.5 Å². The van der Waals surface area contributed by atoms with Gasteiger partial charge >= 0.3 is 5.97 Å². The van der Waals surface area contributed by atoms with Gasteiger partial charge in [0, 0.05) is 4.88 Å². The third-order valence-electron chi connectivity index (χ3n) is 4.38. The zero-order chi connectivity index (χ0) is 20.4. The molecule has 0 bridgehead atoms. The number of carboxylic acids is 1. The number of nitrogens with one attached hydrogen (secondary N) is 1. The summed E-state index contributed by atoms with van der Waals surface area (Å²) in [6, 6.07) is 16.1. The summed E-state index contributed by atoms with van der Waals surface area (Å²) in [6.45, 7) is 0.158. The van der Waals surface area contributed by atoms with Crippen LogP contribution >= 0.6 is 11.3 Å². The van der Waals surface area contributed by atoms with Crippen LogP contribution < -0.4 is 14.2 Å². The van der Waals surface area contributed by atoms with Crippen molar-refractivity contribution in [1.29, 1.82) is 0 Å². The van der Waals surface area contributed by atoms with Crippen LogP contribution in [0.15, 0.2) is 64.9 Å². The van der Waals surface area contributed by atoms with Crippen molar-refractivity contribution in [2.75, 3.05) is 6.79 Å². The average Bonchev–Trinajstić information content (AvgIpc) is 3.37. The highest BCUT2D eigenvalue weighted by molar-refractivity contribution is 7.91. The largest absolute Gasteiger partial charge is 0.480 e. The zero-order valence-electron chi connectivity index (χ0n) is 15.1. The molecule has 1 aromatic heterocycles. The van der Waals surface area contributed by atoms with Crippen LogP contribution in [0.25, 0.3) is 10.4 Å². The van der Waals surface area contributed by atoms with Crippen LogP contribution in [-0.4, -0.2) is 32.3 Å². The van der Waals surface area contributed by atoms with Gasteiger partial charge in [0.2, 0.25) is 6.79 Å². The molecule has 0 radical (unpaired) electrons. The number of hydrogen-bond donors (Lipinski definition) is 2. The van der Waals surface area contributed by atoms with Crippen molar-refractivity contribution >= 4 is 27.3 Å². The Labute approximate surface area is 171 Å². The van der Waals surface area contributed by atoms with Crippen LogP contribution in [0, 0.1) is 0 Å². The summed E-state index contributed by atoms with van der Waals surface area (Å²) < 4.78 is 38.5. The number of ether oxygens (including phenoxy) is 2. The maximum Gasteiger partial charge on any atom is 0.322 e. The van der Waals surface area contributed by atoms with Gasteiger partial charge in [0.25, 0.3) is 10.0 Å². The molecule has 1 atom stereocenters. The molecule has 2 N–H and O–H groups in total. The molecule has 4 rings (SSSR count). The molecule has 0 saturated heterocycles. The van der Waals surface area contributed by atoms with Gasteiger partial charge in [-0.05, 0) is 47.9 Å². The molecule has 1 unspecified atom stereocenters. The fraction of sp³-hybridized carbons (Fsp3) is 0.150. The Morgan fingerprint density at radius 1 is 1.07 bits per heavy atom. The fourth-order valence-corrected chi connectivity index (χ4v) is 5.45. The topological polar surface area (TPSA) is 102 Å². The quantitative estimate of drug-likeness (QED) is 0.596. The number of hydrogen-bond acceptors (Lipinski definition) is 6. The average molecular weight is 431 g/mol. The molecule has 3 aromatic rings. The van der Waals surface area contributed by atoms with E-state index >= 15 is 0 Å². The lowest BCUT2D eigenvalue weighted by molar-refractivity contribution is -0.138. The summed E-state index contributed by atoms with van der Waals surface area (Å²) in [6.07, 6.45) is 0.0514. The molecular formula is C20H17NO6S2. The first-order valence-corrected chi connectivity index (χ1v) is 11.0. The summed E-state index contributed by atoms with van der Waals surface area (Å²) in [5, 5.41) is 9.47. The van der Waals surface area contributed by atoms with E-state index in [0.29, 0.717) is 11.5 Å². The Morgan fingerprint density at radius 3 is 2.59 bits per heavy atom. The molecule has 1 aliphatic rings. The Balaban J connectivity index is 1.55. The lowest BCUT2D eigenvalue weighted by atomic mass is 10.1. The number of fused-ring (bicyclic) bond motifs is 1. The van der Waals surface area contributed by atoms with Gasteiger partial charge in [-0.15, -0.1) is 11.3 Å². The molecule has 0 saturated carbocycles. The van der Waals surface area contributed by atoms with E-state index in [0.717, 1.165) is 27.3 Å². The first kappa shape index (κ1) is 19.4. The maximum atomic E-state index is 12.8. The highest BCUT2D eigenvalue weighted by Gasteiger charge is 2.27. The molecule has 2 heterocycles. The predicted octanol–water partition coefficient (Wildman–Crippen LogP) is 3.12. The van der Waals surface area contributed by atoms with E-state index in [2.05, 4.69) is 4.72 Å². The fourth-order valence-electron chi connectivity index (χ4n) is 2.94. The van der Waals surface area contributed by atoms with Crippen molar-refractivity contribution in [2.24, 2.45) is 0 Å². The van der Waals surface area contributed by atoms with Gasteiger partial charge in [0.15, 0.2) is 11.5 Å². The van der Waals surface area contributed by atoms with Crippen LogP contribution in [0.5, 0.6) is 11.5 Å². The number of rotatable bonds is 7. The second kappa shape index (κ2) is 7.86. The third-order valence-corrected chi connectivity index (χ3v) is 7.48. The molecular weight excluding hydrogens is 414 g/mol. The van der Waals surface area contributed by atoms with Crippen LogP contribution in [0.2, 0.25) is 0 Å². The van der Waals surface area contributed by atoms with Gasteiger partial charge < -0.3 is 14.6 Å². The highest BCUT2D eigenvalue weighted by Crippen LogP contribution is 2.38. The number of aliphatic carboxylic acids is 1. The van der Waals surface area contributed by atoms with Crippen molar-refractivity contribution in [1.82, 2.24) is 4.72 Å². The van der Waals surface area contributed by atoms with Gasteiger partial charge in [-0.3, -0.25) is 4.79 Å². The molecule has 0 amide bonds. The minimum atomic E-state index is -3.99. The summed E-state index contributed by atoms with van der Waals surface area (Å²) in [5.74, 6) is 0.0160. The highest BCUT2D eigenvalue weighted by atomic mass is 32.2. The molecule has 29 heavy (non-hydrogen) atoms. The summed E-state index contributed by atoms with van der Waals surface area (Å²) in [5.41, 5.74) is 1.52. The molecule has 0 aliphatic carbocycles. The van der Waals surface area contributed by atoms with Crippen molar-refractivity contribution in [2.45, 2.75) is 16.7 Å². The molecule has 0 fully saturated rings. The first-order valence-electron chi connectivity index (χ1n) is 8.71. The lowest BCUT2D eigenvalue weighted by Crippen LogP contribution is -2.42. The van der Waals surface area contributed by atoms with E-state index < -0.39 is 22.0 Å². The minimum absolute atomic E-state index is 0.0458. The van der Waals surface area contributed by atoms with Gasteiger partial charge in [-0.2, -0.15) is 4.72 Å². The Hall–Kier alpha value is -2.88. The first-order chi connectivity index (χ1) is 13.9. The Morgan fingerprint density at radius 2 is 1.83 bits per heavy atom. The Kier molecular flexibility index (Phi) is 5.27. The van der Waals surface area contributed by atoms with Crippen LogP contribution in [0.1, 0.15) is 5.56 Å². The molecule has 2 aromatic carbocycles. The summed E-state index contributed by atoms with van der Waals surface area (Å²) in [4.78, 5) is 12.3. The number of benzene rings is 2. The van der Waals surface area contributed by atoms with Crippen molar-refractivity contribution < 1.29 is 27.8 Å². The van der Waals surface area contributed by atoms with Crippen molar-refractivity contribution in [3.63, 3.8) is 0 Å². The second-order valence-corrected chi connectivity index (χ2v) is 9.41. The second-order valence-electron chi connectivity index (χ2n) is 6.39. The molecule has 150 valence electrons. The van der Waals surface area contributed by atoms with Crippen LogP contribution in [0.4, 0.5) is 0 Å². The minimum Gasteiger partial charge on any atom is -0.480 e. The number of carboxylic acid groups (broad SMARTS) is 1. The van der Waals surface area contributed by atoms with E-state index in [4.69, 9.17) is 9.47 Å². The smallest absolute Gasteiger partial charge is 0.322 e. The molecule has 1 aliphatic heterocycles. The predicted molar refractivity (Wildman–Crippen MR) is 108 cm³/mol. The van der Waals surface area contributed by atoms with Gasteiger partial charge in [-0.25, -0.2) is 8.42 Å². The van der Waals surface area contributed by atoms with Crippen molar-refractivity contribution in [3.8, 4) is 21.9 Å². The van der Waals surface area contributed by atoms with Gasteiger partial charge in [0.1, 0.15) is 10.3 Å². The Bertz CT molecular complexity index is 1140. The summed E-state index contributed by atoms with van der Waals surface area (Å²) >= 11 is 1.06. The normalized spacial score (nSPS) is 13.9. The van der Waals surface area contributed by atoms with E-state index in [1.807, 2.05) is 12.1 Å². The lowest BCUT2D eigenvalue weighted by Gasteiger charge is -2.14. The molecule has 9 heteroatoms. The molecule has 7 nitrogen and oxygen atoms in total. The SMILES string of the molecule is O=C(O)C(Cc1ccccc1)NS(=O)(=O)c1ccc(-c2ccc3c(c2)OCO3)s1.